The normalized spacial score (nSPS) is 32.8. The van der Waals surface area contributed by atoms with Crippen molar-refractivity contribution in [3.05, 3.63) is 0 Å². The summed E-state index contributed by atoms with van der Waals surface area (Å²) in [7, 11) is 0. The van der Waals surface area contributed by atoms with Crippen LogP contribution in [0.4, 0.5) is 0 Å². The quantitative estimate of drug-likeness (QED) is 0.578. The SMILES string of the molecule is CC(CCO)CCC(O)N1C(O)CCC(C)CC1O. The molecule has 0 aromatic rings. The van der Waals surface area contributed by atoms with Crippen LogP contribution in [0.15, 0.2) is 0 Å². The lowest BCUT2D eigenvalue weighted by atomic mass is 10.0. The predicted octanol–water partition coefficient (Wildman–Crippen LogP) is 0.862. The molecule has 1 rings (SSSR count). The minimum Gasteiger partial charge on any atom is -0.396 e. The van der Waals surface area contributed by atoms with E-state index in [1.165, 1.54) is 4.90 Å². The lowest BCUT2D eigenvalue weighted by Crippen LogP contribution is -2.49. The van der Waals surface area contributed by atoms with Crippen LogP contribution in [0.25, 0.3) is 0 Å². The number of nitrogens with zero attached hydrogens (tertiary/aromatic N) is 1. The molecule has 0 aromatic carbocycles. The molecule has 0 radical (unpaired) electrons. The van der Waals surface area contributed by atoms with Crippen LogP contribution in [-0.4, -0.2) is 50.6 Å². The summed E-state index contributed by atoms with van der Waals surface area (Å²) in [4.78, 5) is 1.43. The Balaban J connectivity index is 2.50. The maximum Gasteiger partial charge on any atom is 0.111 e. The Kier molecular flexibility index (Phi) is 7.25. The van der Waals surface area contributed by atoms with Crippen molar-refractivity contribution in [1.82, 2.24) is 4.90 Å². The van der Waals surface area contributed by atoms with E-state index in [0.717, 1.165) is 19.3 Å². The van der Waals surface area contributed by atoms with Gasteiger partial charge in [-0.3, -0.25) is 0 Å². The van der Waals surface area contributed by atoms with Gasteiger partial charge < -0.3 is 20.4 Å². The highest BCUT2D eigenvalue weighted by molar-refractivity contribution is 4.76. The summed E-state index contributed by atoms with van der Waals surface area (Å²) in [5.74, 6) is 0.690. The fourth-order valence-electron chi connectivity index (χ4n) is 2.73. The van der Waals surface area contributed by atoms with Crippen LogP contribution < -0.4 is 0 Å². The van der Waals surface area contributed by atoms with Crippen molar-refractivity contribution in [3.63, 3.8) is 0 Å². The van der Waals surface area contributed by atoms with Crippen molar-refractivity contribution in [2.75, 3.05) is 6.61 Å². The topological polar surface area (TPSA) is 84.2 Å². The number of likely N-dealkylation sites (tertiary alicyclic amines) is 1. The molecule has 114 valence electrons. The van der Waals surface area contributed by atoms with Crippen molar-refractivity contribution in [2.45, 2.75) is 71.1 Å². The van der Waals surface area contributed by atoms with Gasteiger partial charge >= 0.3 is 0 Å². The van der Waals surface area contributed by atoms with Gasteiger partial charge in [0.15, 0.2) is 0 Å². The molecule has 5 nitrogen and oxygen atoms in total. The van der Waals surface area contributed by atoms with Crippen LogP contribution >= 0.6 is 0 Å². The minimum absolute atomic E-state index is 0.156. The molecule has 5 unspecified atom stereocenters. The van der Waals surface area contributed by atoms with E-state index >= 15 is 0 Å². The lowest BCUT2D eigenvalue weighted by molar-refractivity contribution is -0.179. The molecule has 0 spiro atoms. The Morgan fingerprint density at radius 3 is 2.42 bits per heavy atom. The smallest absolute Gasteiger partial charge is 0.111 e. The fourth-order valence-corrected chi connectivity index (χ4v) is 2.73. The molecule has 19 heavy (non-hydrogen) atoms. The third-order valence-corrected chi connectivity index (χ3v) is 4.10. The molecule has 0 aromatic heterocycles. The van der Waals surface area contributed by atoms with Crippen molar-refractivity contribution in [1.29, 1.82) is 0 Å². The van der Waals surface area contributed by atoms with Gasteiger partial charge in [-0.2, -0.15) is 0 Å². The minimum atomic E-state index is -0.823. The molecule has 1 heterocycles. The van der Waals surface area contributed by atoms with Crippen LogP contribution in [-0.2, 0) is 0 Å². The Hall–Kier alpha value is -0.200. The van der Waals surface area contributed by atoms with Gasteiger partial charge in [-0.05, 0) is 50.4 Å². The molecule has 0 aliphatic carbocycles. The average Bonchev–Trinajstić information content (AvgIpc) is 2.46. The van der Waals surface area contributed by atoms with Gasteiger partial charge in [0.2, 0.25) is 0 Å². The summed E-state index contributed by atoms with van der Waals surface area (Å²) in [6, 6.07) is 0. The average molecular weight is 275 g/mol. The lowest BCUT2D eigenvalue weighted by Gasteiger charge is -2.34. The predicted molar refractivity (Wildman–Crippen MR) is 73.0 cm³/mol. The van der Waals surface area contributed by atoms with E-state index in [1.54, 1.807) is 0 Å². The van der Waals surface area contributed by atoms with E-state index < -0.39 is 18.7 Å². The molecule has 1 aliphatic heterocycles. The molecule has 5 atom stereocenters. The maximum atomic E-state index is 10.2. The summed E-state index contributed by atoms with van der Waals surface area (Å²) in [5, 5.41) is 39.2. The third kappa shape index (κ3) is 5.36. The first-order valence-corrected chi connectivity index (χ1v) is 7.38. The second-order valence-electron chi connectivity index (χ2n) is 6.00. The van der Waals surface area contributed by atoms with Gasteiger partial charge in [0.1, 0.15) is 18.7 Å². The number of hydrogen-bond acceptors (Lipinski definition) is 5. The van der Waals surface area contributed by atoms with Gasteiger partial charge in [0, 0.05) is 6.61 Å². The highest BCUT2D eigenvalue weighted by Gasteiger charge is 2.33. The van der Waals surface area contributed by atoms with Gasteiger partial charge in [0.25, 0.3) is 0 Å². The first-order valence-electron chi connectivity index (χ1n) is 7.38. The molecule has 1 saturated heterocycles. The maximum absolute atomic E-state index is 10.2. The Bertz CT molecular complexity index is 252. The summed E-state index contributed by atoms with van der Waals surface area (Å²) in [6.45, 7) is 4.24. The van der Waals surface area contributed by atoms with Crippen LogP contribution in [0.3, 0.4) is 0 Å². The van der Waals surface area contributed by atoms with E-state index in [2.05, 4.69) is 6.92 Å². The largest absolute Gasteiger partial charge is 0.396 e. The Morgan fingerprint density at radius 1 is 1.11 bits per heavy atom. The fraction of sp³-hybridized carbons (Fsp3) is 1.00. The first-order chi connectivity index (χ1) is 8.95. The van der Waals surface area contributed by atoms with Crippen molar-refractivity contribution in [2.24, 2.45) is 11.8 Å². The van der Waals surface area contributed by atoms with E-state index in [0.29, 0.717) is 31.1 Å². The van der Waals surface area contributed by atoms with E-state index in [4.69, 9.17) is 5.11 Å². The summed E-state index contributed by atoms with van der Waals surface area (Å²) in [6.07, 6.45) is 1.64. The number of aliphatic hydroxyl groups is 4. The zero-order chi connectivity index (χ0) is 14.4. The molecule has 0 bridgehead atoms. The van der Waals surface area contributed by atoms with E-state index in [9.17, 15) is 15.3 Å². The zero-order valence-corrected chi connectivity index (χ0v) is 12.1. The van der Waals surface area contributed by atoms with Gasteiger partial charge in [-0.1, -0.05) is 13.8 Å². The van der Waals surface area contributed by atoms with Crippen LogP contribution in [0.5, 0.6) is 0 Å². The molecule has 0 saturated carbocycles. The molecular weight excluding hydrogens is 246 g/mol. The molecule has 1 fully saturated rings. The number of aliphatic hydroxyl groups excluding tert-OH is 4. The highest BCUT2D eigenvalue weighted by Crippen LogP contribution is 2.27. The highest BCUT2D eigenvalue weighted by atomic mass is 16.4. The molecule has 5 heteroatoms. The Morgan fingerprint density at radius 2 is 1.79 bits per heavy atom. The molecular formula is C14H29NO4. The summed E-state index contributed by atoms with van der Waals surface area (Å²) in [5.41, 5.74) is 0. The number of rotatable bonds is 6. The van der Waals surface area contributed by atoms with E-state index in [-0.39, 0.29) is 6.61 Å². The second-order valence-corrected chi connectivity index (χ2v) is 6.00. The van der Waals surface area contributed by atoms with Crippen LogP contribution in [0.1, 0.15) is 52.4 Å². The molecule has 1 aliphatic rings. The van der Waals surface area contributed by atoms with Crippen molar-refractivity contribution < 1.29 is 20.4 Å². The van der Waals surface area contributed by atoms with Gasteiger partial charge in [0.05, 0.1) is 0 Å². The second kappa shape index (κ2) is 8.17. The van der Waals surface area contributed by atoms with E-state index in [1.807, 2.05) is 6.92 Å². The molecule has 4 N–H and O–H groups in total. The molecule has 0 amide bonds. The monoisotopic (exact) mass is 275 g/mol. The van der Waals surface area contributed by atoms with Crippen LogP contribution in [0.2, 0.25) is 0 Å². The summed E-state index contributed by atoms with van der Waals surface area (Å²) >= 11 is 0. The summed E-state index contributed by atoms with van der Waals surface area (Å²) < 4.78 is 0. The standard InChI is InChI=1S/C14H29NO4/c1-10(7-8-16)3-5-12(17)15-13(18)6-4-11(2)9-14(15)19/h10-14,16-19H,3-9H2,1-2H3. The number of hydrogen-bond donors (Lipinski definition) is 4. The third-order valence-electron chi connectivity index (χ3n) is 4.10. The Labute approximate surface area is 115 Å². The zero-order valence-electron chi connectivity index (χ0n) is 12.1. The van der Waals surface area contributed by atoms with Gasteiger partial charge in [-0.15, -0.1) is 0 Å². The first kappa shape index (κ1) is 16.9. The van der Waals surface area contributed by atoms with Crippen LogP contribution in [0, 0.1) is 11.8 Å². The van der Waals surface area contributed by atoms with Crippen molar-refractivity contribution in [3.8, 4) is 0 Å². The van der Waals surface area contributed by atoms with Crippen molar-refractivity contribution >= 4 is 0 Å². The van der Waals surface area contributed by atoms with Gasteiger partial charge in [-0.25, -0.2) is 4.90 Å².